The SMILES string of the molecule is CCn1nc(COc2ccc(Br)cc2)c2ccccc21. The lowest BCUT2D eigenvalue weighted by Gasteiger charge is -2.04. The predicted octanol–water partition coefficient (Wildman–Crippen LogP) is 4.40. The van der Waals surface area contributed by atoms with Crippen LogP contribution >= 0.6 is 15.9 Å². The van der Waals surface area contributed by atoms with Crippen LogP contribution in [0.5, 0.6) is 5.75 Å². The van der Waals surface area contributed by atoms with E-state index in [2.05, 4.69) is 40.1 Å². The van der Waals surface area contributed by atoms with E-state index in [-0.39, 0.29) is 0 Å². The third-order valence-corrected chi connectivity index (χ3v) is 3.75. The molecule has 0 radical (unpaired) electrons. The number of fused-ring (bicyclic) bond motifs is 1. The Labute approximate surface area is 126 Å². The molecular formula is C16H15BrN2O. The highest BCUT2D eigenvalue weighted by Gasteiger charge is 2.09. The lowest BCUT2D eigenvalue weighted by Crippen LogP contribution is -2.00. The summed E-state index contributed by atoms with van der Waals surface area (Å²) >= 11 is 3.42. The summed E-state index contributed by atoms with van der Waals surface area (Å²) in [7, 11) is 0. The normalized spacial score (nSPS) is 10.9. The van der Waals surface area contributed by atoms with Crippen molar-refractivity contribution in [3.05, 3.63) is 58.7 Å². The second-order valence-corrected chi connectivity index (χ2v) is 5.44. The standard InChI is InChI=1S/C16H15BrN2O/c1-2-19-16-6-4-3-5-14(16)15(18-19)11-20-13-9-7-12(17)8-10-13/h3-10H,2,11H2,1H3. The number of benzene rings is 2. The van der Waals surface area contributed by atoms with Crippen molar-refractivity contribution in [2.24, 2.45) is 0 Å². The van der Waals surface area contributed by atoms with Crippen molar-refractivity contribution >= 4 is 26.8 Å². The third-order valence-electron chi connectivity index (χ3n) is 3.22. The summed E-state index contributed by atoms with van der Waals surface area (Å²) in [5, 5.41) is 5.78. The summed E-state index contributed by atoms with van der Waals surface area (Å²) in [4.78, 5) is 0. The smallest absolute Gasteiger partial charge is 0.133 e. The number of aromatic nitrogens is 2. The molecule has 0 aliphatic heterocycles. The average molecular weight is 331 g/mol. The quantitative estimate of drug-likeness (QED) is 0.709. The molecule has 0 aliphatic carbocycles. The Balaban J connectivity index is 1.85. The van der Waals surface area contributed by atoms with Crippen LogP contribution in [0.15, 0.2) is 53.0 Å². The summed E-state index contributed by atoms with van der Waals surface area (Å²) < 4.78 is 8.87. The molecule has 2 aromatic carbocycles. The molecule has 0 N–H and O–H groups in total. The number of aryl methyl sites for hydroxylation is 1. The fraction of sp³-hybridized carbons (Fsp3) is 0.188. The van der Waals surface area contributed by atoms with Gasteiger partial charge in [0.25, 0.3) is 0 Å². The fourth-order valence-corrected chi connectivity index (χ4v) is 2.49. The second kappa shape index (κ2) is 5.67. The van der Waals surface area contributed by atoms with Crippen LogP contribution in [0.25, 0.3) is 10.9 Å². The molecule has 0 saturated carbocycles. The van der Waals surface area contributed by atoms with E-state index < -0.39 is 0 Å². The van der Waals surface area contributed by atoms with Crippen molar-refractivity contribution in [3.63, 3.8) is 0 Å². The Morgan fingerprint density at radius 1 is 1.10 bits per heavy atom. The summed E-state index contributed by atoms with van der Waals surface area (Å²) in [6.07, 6.45) is 0. The monoisotopic (exact) mass is 330 g/mol. The molecular weight excluding hydrogens is 316 g/mol. The van der Waals surface area contributed by atoms with E-state index in [1.807, 2.05) is 41.1 Å². The topological polar surface area (TPSA) is 27.1 Å². The number of para-hydroxylation sites is 1. The van der Waals surface area contributed by atoms with Gasteiger partial charge in [0.1, 0.15) is 18.1 Å². The van der Waals surface area contributed by atoms with Crippen LogP contribution in [-0.2, 0) is 13.2 Å². The maximum absolute atomic E-state index is 5.82. The molecule has 1 heterocycles. The molecule has 3 nitrogen and oxygen atoms in total. The van der Waals surface area contributed by atoms with E-state index in [9.17, 15) is 0 Å². The van der Waals surface area contributed by atoms with E-state index in [0.29, 0.717) is 6.61 Å². The van der Waals surface area contributed by atoms with Gasteiger partial charge in [0.2, 0.25) is 0 Å². The molecule has 3 aromatic rings. The van der Waals surface area contributed by atoms with Crippen molar-refractivity contribution < 1.29 is 4.74 Å². The van der Waals surface area contributed by atoms with Crippen LogP contribution in [-0.4, -0.2) is 9.78 Å². The minimum absolute atomic E-state index is 0.481. The lowest BCUT2D eigenvalue weighted by molar-refractivity contribution is 0.301. The Morgan fingerprint density at radius 3 is 2.60 bits per heavy atom. The molecule has 1 aromatic heterocycles. The predicted molar refractivity (Wildman–Crippen MR) is 83.9 cm³/mol. The first kappa shape index (κ1) is 13.2. The molecule has 0 fully saturated rings. The minimum Gasteiger partial charge on any atom is -0.487 e. The van der Waals surface area contributed by atoms with Crippen molar-refractivity contribution in [1.29, 1.82) is 0 Å². The zero-order chi connectivity index (χ0) is 13.9. The van der Waals surface area contributed by atoms with Gasteiger partial charge in [0.05, 0.1) is 5.52 Å². The maximum atomic E-state index is 5.82. The van der Waals surface area contributed by atoms with Crippen LogP contribution in [0.3, 0.4) is 0 Å². The van der Waals surface area contributed by atoms with Gasteiger partial charge in [0.15, 0.2) is 0 Å². The number of halogens is 1. The van der Waals surface area contributed by atoms with Crippen molar-refractivity contribution in [2.75, 3.05) is 0 Å². The maximum Gasteiger partial charge on any atom is 0.133 e. The van der Waals surface area contributed by atoms with Gasteiger partial charge in [-0.2, -0.15) is 5.10 Å². The Hall–Kier alpha value is -1.81. The Morgan fingerprint density at radius 2 is 1.85 bits per heavy atom. The van der Waals surface area contributed by atoms with E-state index in [0.717, 1.165) is 33.4 Å². The van der Waals surface area contributed by atoms with Gasteiger partial charge >= 0.3 is 0 Å². The fourth-order valence-electron chi connectivity index (χ4n) is 2.23. The molecule has 0 saturated heterocycles. The zero-order valence-corrected chi connectivity index (χ0v) is 12.8. The number of ether oxygens (including phenoxy) is 1. The summed E-state index contributed by atoms with van der Waals surface area (Å²) in [5.41, 5.74) is 2.13. The lowest BCUT2D eigenvalue weighted by atomic mass is 10.2. The van der Waals surface area contributed by atoms with Crippen LogP contribution < -0.4 is 4.74 Å². The molecule has 0 amide bonds. The van der Waals surface area contributed by atoms with Crippen molar-refractivity contribution in [2.45, 2.75) is 20.1 Å². The number of hydrogen-bond donors (Lipinski definition) is 0. The highest BCUT2D eigenvalue weighted by Crippen LogP contribution is 2.21. The number of hydrogen-bond acceptors (Lipinski definition) is 2. The van der Waals surface area contributed by atoms with Crippen LogP contribution in [0, 0.1) is 0 Å². The molecule has 0 spiro atoms. The highest BCUT2D eigenvalue weighted by atomic mass is 79.9. The molecule has 3 rings (SSSR count). The summed E-state index contributed by atoms with van der Waals surface area (Å²) in [5.74, 6) is 0.850. The average Bonchev–Trinajstić information content (AvgIpc) is 2.85. The third kappa shape index (κ3) is 2.56. The highest BCUT2D eigenvalue weighted by molar-refractivity contribution is 9.10. The summed E-state index contributed by atoms with van der Waals surface area (Å²) in [6, 6.07) is 16.1. The second-order valence-electron chi connectivity index (χ2n) is 4.52. The van der Waals surface area contributed by atoms with Gasteiger partial charge in [-0.25, -0.2) is 0 Å². The number of rotatable bonds is 4. The largest absolute Gasteiger partial charge is 0.487 e. The molecule has 102 valence electrons. The van der Waals surface area contributed by atoms with Gasteiger partial charge in [0, 0.05) is 16.4 Å². The molecule has 0 atom stereocenters. The van der Waals surface area contributed by atoms with E-state index >= 15 is 0 Å². The van der Waals surface area contributed by atoms with Gasteiger partial charge < -0.3 is 4.74 Å². The summed E-state index contributed by atoms with van der Waals surface area (Å²) in [6.45, 7) is 3.44. The molecule has 4 heteroatoms. The van der Waals surface area contributed by atoms with Gasteiger partial charge in [-0.1, -0.05) is 34.1 Å². The molecule has 0 unspecified atom stereocenters. The molecule has 0 aliphatic rings. The van der Waals surface area contributed by atoms with Crippen LogP contribution in [0.2, 0.25) is 0 Å². The first-order chi connectivity index (χ1) is 9.78. The van der Waals surface area contributed by atoms with Gasteiger partial charge in [-0.15, -0.1) is 0 Å². The molecule has 0 bridgehead atoms. The zero-order valence-electron chi connectivity index (χ0n) is 11.2. The van der Waals surface area contributed by atoms with Crippen molar-refractivity contribution in [3.8, 4) is 5.75 Å². The van der Waals surface area contributed by atoms with Crippen molar-refractivity contribution in [1.82, 2.24) is 9.78 Å². The first-order valence-corrected chi connectivity index (χ1v) is 7.40. The Kier molecular flexibility index (Phi) is 3.74. The number of nitrogens with zero attached hydrogens (tertiary/aromatic N) is 2. The molecule has 20 heavy (non-hydrogen) atoms. The first-order valence-electron chi connectivity index (χ1n) is 6.60. The van der Waals surface area contributed by atoms with Gasteiger partial charge in [-0.05, 0) is 37.3 Å². The van der Waals surface area contributed by atoms with Crippen LogP contribution in [0.1, 0.15) is 12.6 Å². The van der Waals surface area contributed by atoms with Gasteiger partial charge in [-0.3, -0.25) is 4.68 Å². The van der Waals surface area contributed by atoms with E-state index in [4.69, 9.17) is 4.74 Å². The van der Waals surface area contributed by atoms with Crippen LogP contribution in [0.4, 0.5) is 0 Å². The van der Waals surface area contributed by atoms with E-state index in [1.165, 1.54) is 0 Å². The Bertz CT molecular complexity index is 719. The minimum atomic E-state index is 0.481. The van der Waals surface area contributed by atoms with E-state index in [1.54, 1.807) is 0 Å².